The Kier molecular flexibility index (Phi) is 4.95. The first kappa shape index (κ1) is 16.2. The summed E-state index contributed by atoms with van der Waals surface area (Å²) in [6.07, 6.45) is -0.871. The third-order valence-electron chi connectivity index (χ3n) is 3.60. The highest BCUT2D eigenvalue weighted by Gasteiger charge is 2.23. The van der Waals surface area contributed by atoms with E-state index in [1.807, 2.05) is 0 Å². The van der Waals surface area contributed by atoms with Crippen molar-refractivity contribution in [1.82, 2.24) is 0 Å². The standard InChI is InChI=1S/C16H21NO5/c1-19-11-5-6-12(20-2)15-14(11)13(21-3)7-9(10(18)8-17)16(15)22-4/h5-7,10,18H,8,17H2,1-4H3. The van der Waals surface area contributed by atoms with E-state index in [1.54, 1.807) is 39.5 Å². The van der Waals surface area contributed by atoms with E-state index >= 15 is 0 Å². The zero-order valence-electron chi connectivity index (χ0n) is 13.2. The fraction of sp³-hybridized carbons (Fsp3) is 0.375. The lowest BCUT2D eigenvalue weighted by Gasteiger charge is -2.20. The first-order valence-electron chi connectivity index (χ1n) is 6.80. The molecule has 2 aromatic rings. The van der Waals surface area contributed by atoms with Gasteiger partial charge in [0.25, 0.3) is 0 Å². The van der Waals surface area contributed by atoms with E-state index in [0.717, 1.165) is 0 Å². The Morgan fingerprint density at radius 2 is 1.45 bits per heavy atom. The van der Waals surface area contributed by atoms with E-state index in [9.17, 15) is 5.11 Å². The zero-order valence-corrected chi connectivity index (χ0v) is 13.2. The molecule has 3 N–H and O–H groups in total. The molecule has 0 fully saturated rings. The lowest BCUT2D eigenvalue weighted by molar-refractivity contribution is 0.182. The molecule has 0 aliphatic carbocycles. The van der Waals surface area contributed by atoms with Crippen LogP contribution in [0.3, 0.4) is 0 Å². The number of ether oxygens (including phenoxy) is 4. The van der Waals surface area contributed by atoms with Crippen LogP contribution in [0, 0.1) is 0 Å². The first-order chi connectivity index (χ1) is 10.6. The summed E-state index contributed by atoms with van der Waals surface area (Å²) < 4.78 is 21.8. The molecular weight excluding hydrogens is 286 g/mol. The number of nitrogens with two attached hydrogens (primary N) is 1. The highest BCUT2D eigenvalue weighted by molar-refractivity contribution is 6.03. The maximum Gasteiger partial charge on any atom is 0.136 e. The van der Waals surface area contributed by atoms with Crippen LogP contribution in [0.5, 0.6) is 23.0 Å². The van der Waals surface area contributed by atoms with Crippen LogP contribution in [-0.2, 0) is 0 Å². The molecule has 2 rings (SSSR count). The largest absolute Gasteiger partial charge is 0.496 e. The quantitative estimate of drug-likeness (QED) is 0.847. The van der Waals surface area contributed by atoms with E-state index in [0.29, 0.717) is 39.3 Å². The normalized spacial score (nSPS) is 12.1. The van der Waals surface area contributed by atoms with Crippen LogP contribution in [0.4, 0.5) is 0 Å². The number of hydrogen-bond acceptors (Lipinski definition) is 6. The third kappa shape index (κ3) is 2.51. The number of methoxy groups -OCH3 is 4. The molecule has 0 heterocycles. The Bertz CT molecular complexity index is 671. The summed E-state index contributed by atoms with van der Waals surface area (Å²) in [5.74, 6) is 2.26. The van der Waals surface area contributed by atoms with Gasteiger partial charge in [0.05, 0.1) is 45.3 Å². The number of benzene rings is 2. The van der Waals surface area contributed by atoms with Crippen molar-refractivity contribution < 1.29 is 24.1 Å². The topological polar surface area (TPSA) is 83.2 Å². The fourth-order valence-corrected chi connectivity index (χ4v) is 2.55. The van der Waals surface area contributed by atoms with E-state index in [4.69, 9.17) is 24.7 Å². The summed E-state index contributed by atoms with van der Waals surface area (Å²) in [6, 6.07) is 5.28. The SMILES string of the molecule is COc1ccc(OC)c2c(OC)c(C(O)CN)cc(OC)c12. The average Bonchev–Trinajstić information content (AvgIpc) is 2.58. The third-order valence-corrected chi connectivity index (χ3v) is 3.60. The van der Waals surface area contributed by atoms with Crippen molar-refractivity contribution in [2.45, 2.75) is 6.10 Å². The Morgan fingerprint density at radius 3 is 1.91 bits per heavy atom. The molecule has 0 saturated carbocycles. The monoisotopic (exact) mass is 307 g/mol. The molecule has 0 aliphatic rings. The first-order valence-corrected chi connectivity index (χ1v) is 6.80. The predicted octanol–water partition coefficient (Wildman–Crippen LogP) is 1.87. The molecule has 0 saturated heterocycles. The Morgan fingerprint density at radius 1 is 0.909 bits per heavy atom. The van der Waals surface area contributed by atoms with Gasteiger partial charge in [-0.1, -0.05) is 0 Å². The van der Waals surface area contributed by atoms with Gasteiger partial charge in [-0.3, -0.25) is 0 Å². The summed E-state index contributed by atoms with van der Waals surface area (Å²) in [7, 11) is 6.24. The second-order valence-electron chi connectivity index (χ2n) is 4.67. The minimum atomic E-state index is -0.871. The van der Waals surface area contributed by atoms with Crippen molar-refractivity contribution in [3.63, 3.8) is 0 Å². The molecule has 0 aromatic heterocycles. The molecule has 6 heteroatoms. The smallest absolute Gasteiger partial charge is 0.136 e. The van der Waals surface area contributed by atoms with Crippen molar-refractivity contribution in [2.24, 2.45) is 5.73 Å². The Labute approximate surface area is 129 Å². The van der Waals surface area contributed by atoms with Gasteiger partial charge in [-0.05, 0) is 18.2 Å². The van der Waals surface area contributed by atoms with Gasteiger partial charge in [-0.25, -0.2) is 0 Å². The van der Waals surface area contributed by atoms with Gasteiger partial charge in [-0.15, -0.1) is 0 Å². The van der Waals surface area contributed by atoms with Gasteiger partial charge in [0, 0.05) is 12.1 Å². The maximum absolute atomic E-state index is 10.2. The van der Waals surface area contributed by atoms with Crippen LogP contribution >= 0.6 is 0 Å². The van der Waals surface area contributed by atoms with E-state index < -0.39 is 6.10 Å². The minimum absolute atomic E-state index is 0.0668. The fourth-order valence-electron chi connectivity index (χ4n) is 2.55. The summed E-state index contributed by atoms with van der Waals surface area (Å²) >= 11 is 0. The molecule has 0 bridgehead atoms. The highest BCUT2D eigenvalue weighted by Crippen LogP contribution is 2.47. The van der Waals surface area contributed by atoms with Gasteiger partial charge in [-0.2, -0.15) is 0 Å². The van der Waals surface area contributed by atoms with Crippen LogP contribution in [0.15, 0.2) is 18.2 Å². The van der Waals surface area contributed by atoms with Gasteiger partial charge in [0.1, 0.15) is 23.0 Å². The maximum atomic E-state index is 10.2. The highest BCUT2D eigenvalue weighted by atomic mass is 16.5. The van der Waals surface area contributed by atoms with Crippen molar-refractivity contribution in [2.75, 3.05) is 35.0 Å². The molecule has 6 nitrogen and oxygen atoms in total. The van der Waals surface area contributed by atoms with Crippen molar-refractivity contribution >= 4 is 10.8 Å². The molecule has 2 aromatic carbocycles. The van der Waals surface area contributed by atoms with Crippen LogP contribution in [0.1, 0.15) is 11.7 Å². The molecule has 120 valence electrons. The van der Waals surface area contributed by atoms with E-state index in [-0.39, 0.29) is 6.54 Å². The molecule has 22 heavy (non-hydrogen) atoms. The van der Waals surface area contributed by atoms with Crippen molar-refractivity contribution in [3.8, 4) is 23.0 Å². The number of rotatable bonds is 6. The average molecular weight is 307 g/mol. The van der Waals surface area contributed by atoms with Gasteiger partial charge >= 0.3 is 0 Å². The van der Waals surface area contributed by atoms with Crippen LogP contribution in [0.25, 0.3) is 10.8 Å². The number of fused-ring (bicyclic) bond motifs is 1. The lowest BCUT2D eigenvalue weighted by Crippen LogP contribution is -2.13. The lowest BCUT2D eigenvalue weighted by atomic mass is 9.99. The summed E-state index contributed by atoms with van der Waals surface area (Å²) in [6.45, 7) is 0.0668. The number of aliphatic hydroxyl groups excluding tert-OH is 1. The van der Waals surface area contributed by atoms with E-state index in [2.05, 4.69) is 0 Å². The van der Waals surface area contributed by atoms with Crippen LogP contribution in [-0.4, -0.2) is 40.1 Å². The van der Waals surface area contributed by atoms with Crippen molar-refractivity contribution in [1.29, 1.82) is 0 Å². The molecular formula is C16H21NO5. The van der Waals surface area contributed by atoms with Crippen molar-refractivity contribution in [3.05, 3.63) is 23.8 Å². The molecule has 1 atom stereocenters. The summed E-state index contributed by atoms with van der Waals surface area (Å²) in [4.78, 5) is 0. The number of aliphatic hydroxyl groups is 1. The zero-order chi connectivity index (χ0) is 16.3. The molecule has 1 unspecified atom stereocenters. The van der Waals surface area contributed by atoms with Crippen LogP contribution in [0.2, 0.25) is 0 Å². The van der Waals surface area contributed by atoms with Gasteiger partial charge in [0.2, 0.25) is 0 Å². The predicted molar refractivity (Wildman–Crippen MR) is 84.2 cm³/mol. The van der Waals surface area contributed by atoms with E-state index in [1.165, 1.54) is 7.11 Å². The minimum Gasteiger partial charge on any atom is -0.496 e. The summed E-state index contributed by atoms with van der Waals surface area (Å²) in [5.41, 5.74) is 6.13. The summed E-state index contributed by atoms with van der Waals surface area (Å²) in [5, 5.41) is 11.6. The second-order valence-corrected chi connectivity index (χ2v) is 4.67. The molecule has 0 aliphatic heterocycles. The van der Waals surface area contributed by atoms with Crippen LogP contribution < -0.4 is 24.7 Å². The molecule has 0 amide bonds. The van der Waals surface area contributed by atoms with Gasteiger partial charge in [0.15, 0.2) is 0 Å². The second kappa shape index (κ2) is 6.72. The Hall–Kier alpha value is -2.18. The number of hydrogen-bond donors (Lipinski definition) is 2. The Balaban J connectivity index is 2.98. The van der Waals surface area contributed by atoms with Gasteiger partial charge < -0.3 is 29.8 Å². The molecule has 0 spiro atoms. The molecule has 0 radical (unpaired) electrons.